The molecule has 0 amide bonds. The lowest BCUT2D eigenvalue weighted by molar-refractivity contribution is -0.0476. The van der Waals surface area contributed by atoms with E-state index in [0.29, 0.717) is 11.5 Å². The average Bonchev–Trinajstić information content (AvgIpc) is 3.32. The highest BCUT2D eigenvalue weighted by Gasteiger charge is 2.47. The number of nitrogens with zero attached hydrogens (tertiary/aromatic N) is 1. The molecule has 1 aromatic heterocycles. The fraction of sp³-hybridized carbons (Fsp3) is 0.360. The second-order valence-corrected chi connectivity index (χ2v) is 14.0. The number of aryl methyl sites for hydroxylation is 2. The zero-order valence-electron chi connectivity index (χ0n) is 21.8. The van der Waals surface area contributed by atoms with Gasteiger partial charge < -0.3 is 13.8 Å². The maximum absolute atomic E-state index is 13.6. The molecular weight excluding hydrogens is 691 g/mol. The monoisotopic (exact) mass is 716 g/mol. The van der Waals surface area contributed by atoms with Gasteiger partial charge in [-0.05, 0) is 47.6 Å². The molecular formula is C25H25IN2O11P2. The van der Waals surface area contributed by atoms with E-state index in [2.05, 4.69) is 4.98 Å². The molecule has 0 bridgehead atoms. The molecule has 1 saturated heterocycles. The van der Waals surface area contributed by atoms with Gasteiger partial charge in [-0.2, -0.15) is 0 Å². The number of fused-ring (bicyclic) bond motifs is 2. The number of benzene rings is 2. The fourth-order valence-electron chi connectivity index (χ4n) is 4.74. The first kappa shape index (κ1) is 28.8. The van der Waals surface area contributed by atoms with E-state index in [1.165, 1.54) is 10.8 Å². The van der Waals surface area contributed by atoms with Crippen molar-refractivity contribution in [3.05, 3.63) is 89.3 Å². The lowest BCUT2D eigenvalue weighted by atomic mass is 10.1. The van der Waals surface area contributed by atoms with Crippen LogP contribution in [0.3, 0.4) is 0 Å². The Morgan fingerprint density at radius 2 is 1.59 bits per heavy atom. The van der Waals surface area contributed by atoms with Crippen LogP contribution in [0.2, 0.25) is 0 Å². The number of halogens is 1. The zero-order valence-corrected chi connectivity index (χ0v) is 25.8. The number of rotatable bonds is 6. The maximum Gasteiger partial charge on any atom is 0.530 e. The van der Waals surface area contributed by atoms with Crippen molar-refractivity contribution >= 4 is 38.2 Å². The van der Waals surface area contributed by atoms with Gasteiger partial charge in [-0.15, -0.1) is 0 Å². The normalized spacial score (nSPS) is 28.8. The smallest absolute Gasteiger partial charge is 0.403 e. The molecule has 218 valence electrons. The average molecular weight is 716 g/mol. The summed E-state index contributed by atoms with van der Waals surface area (Å²) in [6, 6.07) is 10.9. The Morgan fingerprint density at radius 3 is 2.24 bits per heavy atom. The molecule has 1 N–H and O–H groups in total. The van der Waals surface area contributed by atoms with Crippen LogP contribution in [0.1, 0.15) is 34.9 Å². The van der Waals surface area contributed by atoms with Crippen molar-refractivity contribution < 1.29 is 41.0 Å². The van der Waals surface area contributed by atoms with E-state index in [0.717, 1.165) is 22.3 Å². The van der Waals surface area contributed by atoms with E-state index >= 15 is 0 Å². The van der Waals surface area contributed by atoms with Crippen LogP contribution in [0.15, 0.2) is 52.2 Å². The summed E-state index contributed by atoms with van der Waals surface area (Å²) in [6.07, 6.45) is -1.62. The van der Waals surface area contributed by atoms with Crippen LogP contribution >= 0.6 is 38.2 Å². The molecule has 3 aliphatic rings. The van der Waals surface area contributed by atoms with Crippen molar-refractivity contribution in [1.82, 2.24) is 9.55 Å². The van der Waals surface area contributed by atoms with Crippen molar-refractivity contribution in [3.8, 4) is 11.5 Å². The molecule has 13 nitrogen and oxygen atoms in total. The van der Waals surface area contributed by atoms with E-state index in [9.17, 15) is 18.7 Å². The largest absolute Gasteiger partial charge is 0.530 e. The molecule has 3 aliphatic heterocycles. The zero-order chi connectivity index (χ0) is 28.9. The van der Waals surface area contributed by atoms with Gasteiger partial charge in [-0.25, -0.2) is 13.9 Å². The minimum atomic E-state index is -4.14. The summed E-state index contributed by atoms with van der Waals surface area (Å²) in [5, 5.41) is 0. The third-order valence-electron chi connectivity index (χ3n) is 6.83. The summed E-state index contributed by atoms with van der Waals surface area (Å²) >= 11 is 1.79. The SMILES string of the molecule is Cc1cccc2c1OP(=O)(OC[C@H]1O[C@@H](n3cc([125I])c(=O)[nH]c3=O)C[C@@H]1OP1(=O)OCc3cccc(C)c3O1)OC2. The van der Waals surface area contributed by atoms with Gasteiger partial charge in [0.2, 0.25) is 0 Å². The van der Waals surface area contributed by atoms with Gasteiger partial charge >= 0.3 is 21.3 Å². The van der Waals surface area contributed by atoms with Crippen molar-refractivity contribution in [1.29, 1.82) is 0 Å². The quantitative estimate of drug-likeness (QED) is 0.274. The van der Waals surface area contributed by atoms with Crippen molar-refractivity contribution in [2.45, 2.75) is 51.9 Å². The van der Waals surface area contributed by atoms with Crippen LogP contribution < -0.4 is 20.3 Å². The van der Waals surface area contributed by atoms with Gasteiger partial charge in [0.1, 0.15) is 29.9 Å². The Kier molecular flexibility index (Phi) is 7.79. The number of aromatic amines is 1. The first-order valence-corrected chi connectivity index (χ1v) is 16.6. The van der Waals surface area contributed by atoms with Crippen LogP contribution in [0.4, 0.5) is 0 Å². The van der Waals surface area contributed by atoms with E-state index in [1.807, 2.05) is 38.1 Å². The van der Waals surface area contributed by atoms with Gasteiger partial charge in [-0.1, -0.05) is 36.4 Å². The summed E-state index contributed by atoms with van der Waals surface area (Å²) in [7, 11) is -8.20. The summed E-state index contributed by atoms with van der Waals surface area (Å²) < 4.78 is 68.4. The first-order chi connectivity index (χ1) is 19.5. The van der Waals surface area contributed by atoms with Gasteiger partial charge in [0.25, 0.3) is 5.56 Å². The summed E-state index contributed by atoms with van der Waals surface area (Å²) in [6.45, 7) is 3.27. The standard InChI is InChI=1S/C25H25IN2O11P2/c1-14-5-3-7-16-11-33-40(31,38-22(14)16)35-13-20-19(9-21(36-20)28-10-18(26)24(29)27-25(28)30)37-41(32)34-12-17-8-4-6-15(2)23(17)39-41/h3-8,10,19-21H,9,11-13H2,1-2H3,(H,27,29,30)/t19-,20+,21+,40?,41?/m0/s1/i26-2. The number of para-hydroxylation sites is 2. The Morgan fingerprint density at radius 1 is 0.976 bits per heavy atom. The molecule has 5 atom stereocenters. The van der Waals surface area contributed by atoms with Crippen LogP contribution in [0.5, 0.6) is 11.5 Å². The van der Waals surface area contributed by atoms with Crippen molar-refractivity contribution in [3.63, 3.8) is 0 Å². The second kappa shape index (κ2) is 11.1. The summed E-state index contributed by atoms with van der Waals surface area (Å²) in [5.41, 5.74) is 1.71. The number of H-pyrrole nitrogens is 1. The number of phosphoric acid groups is 2. The highest BCUT2D eigenvalue weighted by molar-refractivity contribution is 14.1. The lowest BCUT2D eigenvalue weighted by Crippen LogP contribution is -2.33. The first-order valence-electron chi connectivity index (χ1n) is 12.6. The predicted molar refractivity (Wildman–Crippen MR) is 152 cm³/mol. The number of nitrogens with one attached hydrogen (secondary N) is 1. The fourth-order valence-corrected chi connectivity index (χ4v) is 7.96. The molecule has 3 aromatic rings. The van der Waals surface area contributed by atoms with Gasteiger partial charge in [0.15, 0.2) is 0 Å². The number of phosphoric ester groups is 2. The topological polar surface area (TPSA) is 154 Å². The number of hydrogen-bond acceptors (Lipinski definition) is 11. The molecule has 0 radical (unpaired) electrons. The highest BCUT2D eigenvalue weighted by atomic mass is 125. The summed E-state index contributed by atoms with van der Waals surface area (Å²) in [4.78, 5) is 26.7. The number of hydrogen-bond donors (Lipinski definition) is 1. The molecule has 0 saturated carbocycles. The third-order valence-corrected chi connectivity index (χ3v) is 10.3. The minimum Gasteiger partial charge on any atom is -0.403 e. The van der Waals surface area contributed by atoms with Crippen LogP contribution in [-0.2, 0) is 45.2 Å². The molecule has 16 heteroatoms. The van der Waals surface area contributed by atoms with E-state index in [-0.39, 0.29) is 29.8 Å². The number of ether oxygens (including phenoxy) is 1. The van der Waals surface area contributed by atoms with E-state index in [1.54, 1.807) is 34.7 Å². The van der Waals surface area contributed by atoms with E-state index in [4.69, 9.17) is 31.9 Å². The molecule has 2 unspecified atom stereocenters. The highest BCUT2D eigenvalue weighted by Crippen LogP contribution is 2.59. The second-order valence-electron chi connectivity index (χ2n) is 9.70. The van der Waals surface area contributed by atoms with Crippen molar-refractivity contribution in [2.75, 3.05) is 6.61 Å². The maximum atomic E-state index is 13.6. The predicted octanol–water partition coefficient (Wildman–Crippen LogP) is 4.88. The van der Waals surface area contributed by atoms with Crippen LogP contribution in [0.25, 0.3) is 0 Å². The minimum absolute atomic E-state index is 0.000317. The molecule has 0 spiro atoms. The molecule has 2 aromatic carbocycles. The van der Waals surface area contributed by atoms with Crippen molar-refractivity contribution in [2.24, 2.45) is 0 Å². The molecule has 1 fully saturated rings. The van der Waals surface area contributed by atoms with E-state index < -0.39 is 45.3 Å². The number of aromatic nitrogens is 2. The Labute approximate surface area is 247 Å². The molecule has 0 aliphatic carbocycles. The van der Waals surface area contributed by atoms with Gasteiger partial charge in [0.05, 0.1) is 23.4 Å². The van der Waals surface area contributed by atoms with Gasteiger partial charge in [0, 0.05) is 23.7 Å². The van der Waals surface area contributed by atoms with Gasteiger partial charge in [-0.3, -0.25) is 32.4 Å². The Bertz CT molecular complexity index is 1720. The van der Waals surface area contributed by atoms with Crippen LogP contribution in [-0.4, -0.2) is 28.4 Å². The Hall–Kier alpha value is -2.29. The molecule has 41 heavy (non-hydrogen) atoms. The molecule has 6 rings (SSSR count). The third kappa shape index (κ3) is 5.84. The molecule has 4 heterocycles. The summed E-state index contributed by atoms with van der Waals surface area (Å²) in [5.74, 6) is 0.816. The van der Waals surface area contributed by atoms with Crippen LogP contribution in [0, 0.1) is 17.4 Å². The Balaban J connectivity index is 1.25. The lowest BCUT2D eigenvalue weighted by Gasteiger charge is -2.30.